The van der Waals surface area contributed by atoms with E-state index in [4.69, 9.17) is 5.73 Å². The molecular formula is C19H25N5OS. The van der Waals surface area contributed by atoms with E-state index in [1.165, 1.54) is 5.56 Å². The lowest BCUT2D eigenvalue weighted by Crippen LogP contribution is -2.50. The highest BCUT2D eigenvalue weighted by molar-refractivity contribution is 7.15. The highest BCUT2D eigenvalue weighted by atomic mass is 32.1. The van der Waals surface area contributed by atoms with Crippen LogP contribution in [0.5, 0.6) is 0 Å². The molecule has 2 N–H and O–H groups in total. The maximum Gasteiger partial charge on any atom is 0.234 e. The summed E-state index contributed by atoms with van der Waals surface area (Å²) >= 11 is 1.69. The minimum absolute atomic E-state index is 0.0643. The van der Waals surface area contributed by atoms with Gasteiger partial charge in [0.2, 0.25) is 11.0 Å². The van der Waals surface area contributed by atoms with Gasteiger partial charge in [-0.1, -0.05) is 41.7 Å². The van der Waals surface area contributed by atoms with E-state index >= 15 is 0 Å². The topological polar surface area (TPSA) is 75.4 Å². The number of anilines is 1. The molecule has 138 valence electrons. The molecule has 4 rings (SSSR count). The maximum atomic E-state index is 11.6. The molecule has 3 heterocycles. The van der Waals surface area contributed by atoms with E-state index in [9.17, 15) is 4.79 Å². The molecule has 1 aromatic carbocycles. The molecule has 1 unspecified atom stereocenters. The Morgan fingerprint density at radius 1 is 1.12 bits per heavy atom. The predicted molar refractivity (Wildman–Crippen MR) is 103 cm³/mol. The Hall–Kier alpha value is -1.99. The summed E-state index contributed by atoms with van der Waals surface area (Å²) in [5, 5.41) is 10.9. The van der Waals surface area contributed by atoms with Gasteiger partial charge in [0, 0.05) is 25.6 Å². The van der Waals surface area contributed by atoms with Gasteiger partial charge in [-0.3, -0.25) is 9.69 Å². The van der Waals surface area contributed by atoms with E-state index < -0.39 is 0 Å². The third kappa shape index (κ3) is 3.73. The molecule has 0 bridgehead atoms. The molecule has 0 spiro atoms. The van der Waals surface area contributed by atoms with E-state index in [2.05, 4.69) is 44.3 Å². The van der Waals surface area contributed by atoms with Crippen LogP contribution in [-0.4, -0.2) is 52.7 Å². The first kappa shape index (κ1) is 17.4. The van der Waals surface area contributed by atoms with Gasteiger partial charge in [0.15, 0.2) is 0 Å². The number of hydrogen-bond donors (Lipinski definition) is 1. The fourth-order valence-corrected chi connectivity index (χ4v) is 5.06. The average Bonchev–Trinajstić information content (AvgIpc) is 3.32. The standard InChI is InChI=1S/C19H25N5OS/c20-18(25)16-7-4-10-24(16)15-8-11-23(12-9-15)19-22-21-17(26-19)13-14-5-2-1-3-6-14/h1-3,5-6,15-16H,4,7-13H2,(H2,20,25). The summed E-state index contributed by atoms with van der Waals surface area (Å²) in [6.07, 6.45) is 4.93. The lowest BCUT2D eigenvalue weighted by atomic mass is 10.0. The van der Waals surface area contributed by atoms with Crippen molar-refractivity contribution in [2.45, 2.75) is 44.2 Å². The molecule has 2 aliphatic heterocycles. The minimum Gasteiger partial charge on any atom is -0.368 e. The molecular weight excluding hydrogens is 346 g/mol. The van der Waals surface area contributed by atoms with Crippen molar-refractivity contribution in [1.82, 2.24) is 15.1 Å². The second-order valence-corrected chi connectivity index (χ2v) is 8.20. The minimum atomic E-state index is -0.167. The van der Waals surface area contributed by atoms with Crippen molar-refractivity contribution >= 4 is 22.4 Å². The van der Waals surface area contributed by atoms with Crippen LogP contribution < -0.4 is 10.6 Å². The highest BCUT2D eigenvalue weighted by Gasteiger charge is 2.36. The number of primary amides is 1. The zero-order valence-electron chi connectivity index (χ0n) is 14.9. The van der Waals surface area contributed by atoms with Crippen molar-refractivity contribution in [3.63, 3.8) is 0 Å². The Bertz CT molecular complexity index is 741. The van der Waals surface area contributed by atoms with Crippen LogP contribution in [0.1, 0.15) is 36.3 Å². The zero-order chi connectivity index (χ0) is 17.9. The number of amides is 1. The van der Waals surface area contributed by atoms with Crippen molar-refractivity contribution in [1.29, 1.82) is 0 Å². The molecule has 2 aromatic rings. The van der Waals surface area contributed by atoms with Crippen molar-refractivity contribution in [3.8, 4) is 0 Å². The van der Waals surface area contributed by atoms with Crippen LogP contribution in [0.25, 0.3) is 0 Å². The largest absolute Gasteiger partial charge is 0.368 e. The molecule has 1 atom stereocenters. The third-order valence-corrected chi connectivity index (χ3v) is 6.47. The van der Waals surface area contributed by atoms with Crippen LogP contribution in [0.2, 0.25) is 0 Å². The van der Waals surface area contributed by atoms with E-state index in [1.807, 2.05) is 6.07 Å². The molecule has 2 saturated heterocycles. The van der Waals surface area contributed by atoms with Crippen molar-refractivity contribution < 1.29 is 4.79 Å². The van der Waals surface area contributed by atoms with Crippen LogP contribution in [0.3, 0.4) is 0 Å². The van der Waals surface area contributed by atoms with Crippen LogP contribution in [0.4, 0.5) is 5.13 Å². The van der Waals surface area contributed by atoms with Crippen LogP contribution in [-0.2, 0) is 11.2 Å². The number of rotatable bonds is 5. The van der Waals surface area contributed by atoms with Gasteiger partial charge >= 0.3 is 0 Å². The number of carbonyl (C=O) groups excluding carboxylic acids is 1. The quantitative estimate of drug-likeness (QED) is 0.871. The first-order chi connectivity index (χ1) is 12.7. The summed E-state index contributed by atoms with van der Waals surface area (Å²) in [6.45, 7) is 2.93. The molecule has 0 saturated carbocycles. The molecule has 0 radical (unpaired) electrons. The van der Waals surface area contributed by atoms with E-state index in [0.717, 1.165) is 61.9 Å². The number of nitrogens with two attached hydrogens (primary N) is 1. The van der Waals surface area contributed by atoms with Gasteiger partial charge in [-0.2, -0.15) is 0 Å². The number of nitrogens with zero attached hydrogens (tertiary/aromatic N) is 4. The monoisotopic (exact) mass is 371 g/mol. The third-order valence-electron chi connectivity index (χ3n) is 5.48. The normalized spacial score (nSPS) is 22.0. The van der Waals surface area contributed by atoms with E-state index in [1.54, 1.807) is 11.3 Å². The molecule has 6 nitrogen and oxygen atoms in total. The summed E-state index contributed by atoms with van der Waals surface area (Å²) in [5.74, 6) is -0.167. The van der Waals surface area contributed by atoms with E-state index in [0.29, 0.717) is 6.04 Å². The van der Waals surface area contributed by atoms with Crippen LogP contribution in [0.15, 0.2) is 30.3 Å². The second-order valence-electron chi connectivity index (χ2n) is 7.16. The summed E-state index contributed by atoms with van der Waals surface area (Å²) in [7, 11) is 0. The van der Waals surface area contributed by atoms with Crippen molar-refractivity contribution in [2.24, 2.45) is 5.73 Å². The van der Waals surface area contributed by atoms with Crippen molar-refractivity contribution in [3.05, 3.63) is 40.9 Å². The lowest BCUT2D eigenvalue weighted by molar-refractivity contribution is -0.123. The predicted octanol–water partition coefficient (Wildman–Crippen LogP) is 2.05. The Morgan fingerprint density at radius 3 is 2.62 bits per heavy atom. The molecule has 2 fully saturated rings. The van der Waals surface area contributed by atoms with Crippen LogP contribution >= 0.6 is 11.3 Å². The summed E-state index contributed by atoms with van der Waals surface area (Å²) in [4.78, 5) is 16.3. The number of hydrogen-bond acceptors (Lipinski definition) is 6. The summed E-state index contributed by atoms with van der Waals surface area (Å²) < 4.78 is 0. The van der Waals surface area contributed by atoms with Gasteiger partial charge in [-0.15, -0.1) is 10.2 Å². The lowest BCUT2D eigenvalue weighted by Gasteiger charge is -2.38. The van der Waals surface area contributed by atoms with Gasteiger partial charge in [0.1, 0.15) is 5.01 Å². The second kappa shape index (κ2) is 7.72. The van der Waals surface area contributed by atoms with Gasteiger partial charge in [0.05, 0.1) is 6.04 Å². The SMILES string of the molecule is NC(=O)C1CCCN1C1CCN(c2nnc(Cc3ccccc3)s2)CC1. The summed E-state index contributed by atoms with van der Waals surface area (Å²) in [5.41, 5.74) is 6.84. The first-order valence-corrected chi connectivity index (χ1v) is 10.2. The Labute approximate surface area is 158 Å². The molecule has 0 aliphatic carbocycles. The maximum absolute atomic E-state index is 11.6. The van der Waals surface area contributed by atoms with Crippen LogP contribution in [0, 0.1) is 0 Å². The molecule has 7 heteroatoms. The summed E-state index contributed by atoms with van der Waals surface area (Å²) in [6, 6.07) is 10.8. The van der Waals surface area contributed by atoms with E-state index in [-0.39, 0.29) is 11.9 Å². The molecule has 26 heavy (non-hydrogen) atoms. The first-order valence-electron chi connectivity index (χ1n) is 9.37. The Morgan fingerprint density at radius 2 is 1.88 bits per heavy atom. The number of benzene rings is 1. The van der Waals surface area contributed by atoms with Gasteiger partial charge in [-0.05, 0) is 37.8 Å². The Balaban J connectivity index is 1.34. The molecule has 1 amide bonds. The number of likely N-dealkylation sites (tertiary alicyclic amines) is 1. The van der Waals surface area contributed by atoms with Gasteiger partial charge < -0.3 is 10.6 Å². The number of carbonyl (C=O) groups is 1. The van der Waals surface area contributed by atoms with Crippen molar-refractivity contribution in [2.75, 3.05) is 24.5 Å². The highest BCUT2D eigenvalue weighted by Crippen LogP contribution is 2.29. The van der Waals surface area contributed by atoms with Gasteiger partial charge in [-0.25, -0.2) is 0 Å². The Kier molecular flexibility index (Phi) is 5.17. The van der Waals surface area contributed by atoms with Gasteiger partial charge in [0.25, 0.3) is 0 Å². The molecule has 2 aliphatic rings. The fraction of sp³-hybridized carbons (Fsp3) is 0.526. The number of aromatic nitrogens is 2. The zero-order valence-corrected chi connectivity index (χ0v) is 15.7. The fourth-order valence-electron chi connectivity index (χ4n) is 4.13. The smallest absolute Gasteiger partial charge is 0.234 e. The molecule has 1 aromatic heterocycles. The average molecular weight is 372 g/mol. The number of piperidine rings is 1.